The summed E-state index contributed by atoms with van der Waals surface area (Å²) in [7, 11) is 0. The average molecular weight is 226 g/mol. The number of carboxylic acids is 1. The van der Waals surface area contributed by atoms with Gasteiger partial charge in [0.15, 0.2) is 0 Å². The maximum absolute atomic E-state index is 11.7. The zero-order valence-corrected chi connectivity index (χ0v) is 11.0. The summed E-state index contributed by atoms with van der Waals surface area (Å²) in [4.78, 5) is 11.7. The maximum atomic E-state index is 11.7. The molecule has 1 aliphatic rings. The fourth-order valence-electron chi connectivity index (χ4n) is 3.34. The van der Waals surface area contributed by atoms with Gasteiger partial charge in [0.1, 0.15) is 0 Å². The van der Waals surface area contributed by atoms with Gasteiger partial charge in [-0.2, -0.15) is 0 Å². The van der Waals surface area contributed by atoms with Crippen LogP contribution < -0.4 is 0 Å². The maximum Gasteiger partial charge on any atom is 0.309 e. The Morgan fingerprint density at radius 1 is 1.50 bits per heavy atom. The lowest BCUT2D eigenvalue weighted by Gasteiger charge is -2.41. The van der Waals surface area contributed by atoms with Crippen molar-refractivity contribution in [1.82, 2.24) is 0 Å². The van der Waals surface area contributed by atoms with E-state index in [1.807, 2.05) is 0 Å². The Balaban J connectivity index is 2.82. The third kappa shape index (κ3) is 2.58. The van der Waals surface area contributed by atoms with Crippen LogP contribution in [0.3, 0.4) is 0 Å². The fraction of sp³-hybridized carbons (Fsp3) is 0.929. The van der Waals surface area contributed by atoms with E-state index in [0.29, 0.717) is 11.8 Å². The van der Waals surface area contributed by atoms with E-state index in [1.165, 1.54) is 6.42 Å². The molecule has 0 saturated heterocycles. The predicted molar refractivity (Wildman–Crippen MR) is 66.4 cm³/mol. The lowest BCUT2D eigenvalue weighted by atomic mass is 9.62. The molecule has 0 heterocycles. The summed E-state index contributed by atoms with van der Waals surface area (Å²) in [5, 5.41) is 9.60. The summed E-state index contributed by atoms with van der Waals surface area (Å²) in [6.45, 7) is 6.47. The van der Waals surface area contributed by atoms with Crippen LogP contribution in [0.25, 0.3) is 0 Å². The van der Waals surface area contributed by atoms with Crippen molar-refractivity contribution in [2.24, 2.45) is 17.3 Å². The van der Waals surface area contributed by atoms with Crippen molar-refractivity contribution >= 4 is 5.97 Å². The van der Waals surface area contributed by atoms with Crippen LogP contribution in [0.1, 0.15) is 65.7 Å². The van der Waals surface area contributed by atoms with E-state index in [1.54, 1.807) is 0 Å². The lowest BCUT2D eigenvalue weighted by Crippen LogP contribution is -2.41. The first kappa shape index (κ1) is 13.5. The van der Waals surface area contributed by atoms with E-state index in [4.69, 9.17) is 0 Å². The standard InChI is InChI=1S/C14H26O2/c1-4-7-11(3)14(13(15)16)9-6-8-12(5-2)10-14/h11-12H,4-10H2,1-3H3,(H,15,16). The molecule has 0 aliphatic heterocycles. The van der Waals surface area contributed by atoms with Gasteiger partial charge in [0.2, 0.25) is 0 Å². The van der Waals surface area contributed by atoms with Gasteiger partial charge in [0.05, 0.1) is 5.41 Å². The van der Waals surface area contributed by atoms with E-state index in [0.717, 1.165) is 38.5 Å². The highest BCUT2D eigenvalue weighted by Gasteiger charge is 2.46. The van der Waals surface area contributed by atoms with Crippen LogP contribution in [0.15, 0.2) is 0 Å². The molecule has 1 N–H and O–H groups in total. The number of hydrogen-bond acceptors (Lipinski definition) is 1. The fourth-order valence-corrected chi connectivity index (χ4v) is 3.34. The summed E-state index contributed by atoms with van der Waals surface area (Å²) < 4.78 is 0. The first-order valence-electron chi connectivity index (χ1n) is 6.80. The Morgan fingerprint density at radius 3 is 2.69 bits per heavy atom. The van der Waals surface area contributed by atoms with Crippen molar-refractivity contribution in [1.29, 1.82) is 0 Å². The van der Waals surface area contributed by atoms with Gasteiger partial charge in [0, 0.05) is 0 Å². The smallest absolute Gasteiger partial charge is 0.309 e. The molecule has 0 aromatic heterocycles. The van der Waals surface area contributed by atoms with Gasteiger partial charge >= 0.3 is 5.97 Å². The number of carboxylic acid groups (broad SMARTS) is 1. The molecule has 1 fully saturated rings. The molecule has 1 saturated carbocycles. The Hall–Kier alpha value is -0.530. The molecule has 1 rings (SSSR count). The number of rotatable bonds is 5. The van der Waals surface area contributed by atoms with Crippen molar-refractivity contribution in [3.05, 3.63) is 0 Å². The van der Waals surface area contributed by atoms with Gasteiger partial charge in [-0.1, -0.05) is 46.5 Å². The second-order valence-electron chi connectivity index (χ2n) is 5.52. The van der Waals surface area contributed by atoms with Gasteiger partial charge in [-0.3, -0.25) is 4.79 Å². The Labute approximate surface area is 99.4 Å². The third-order valence-corrected chi connectivity index (χ3v) is 4.56. The summed E-state index contributed by atoms with van der Waals surface area (Å²) in [5.41, 5.74) is -0.422. The van der Waals surface area contributed by atoms with Gasteiger partial charge in [-0.05, 0) is 31.1 Å². The second-order valence-corrected chi connectivity index (χ2v) is 5.52. The van der Waals surface area contributed by atoms with Gasteiger partial charge in [0.25, 0.3) is 0 Å². The molecule has 0 spiro atoms. The second kappa shape index (κ2) is 5.70. The third-order valence-electron chi connectivity index (χ3n) is 4.56. The molecule has 0 amide bonds. The normalized spacial score (nSPS) is 32.3. The predicted octanol–water partition coefficient (Wildman–Crippen LogP) is 4.09. The molecule has 0 bridgehead atoms. The quantitative estimate of drug-likeness (QED) is 0.766. The lowest BCUT2D eigenvalue weighted by molar-refractivity contribution is -0.156. The highest BCUT2D eigenvalue weighted by atomic mass is 16.4. The molecule has 16 heavy (non-hydrogen) atoms. The van der Waals surface area contributed by atoms with Crippen LogP contribution in [-0.4, -0.2) is 11.1 Å². The minimum absolute atomic E-state index is 0.323. The average Bonchev–Trinajstić information content (AvgIpc) is 2.29. The highest BCUT2D eigenvalue weighted by Crippen LogP contribution is 2.47. The van der Waals surface area contributed by atoms with Crippen molar-refractivity contribution < 1.29 is 9.90 Å². The molecule has 94 valence electrons. The molecule has 1 aliphatic carbocycles. The van der Waals surface area contributed by atoms with Gasteiger partial charge in [-0.25, -0.2) is 0 Å². The minimum Gasteiger partial charge on any atom is -0.481 e. The topological polar surface area (TPSA) is 37.3 Å². The highest BCUT2D eigenvalue weighted by molar-refractivity contribution is 5.75. The summed E-state index contributed by atoms with van der Waals surface area (Å²) in [6, 6.07) is 0. The van der Waals surface area contributed by atoms with E-state index >= 15 is 0 Å². The number of aliphatic carboxylic acids is 1. The Morgan fingerprint density at radius 2 is 2.19 bits per heavy atom. The molecule has 2 nitrogen and oxygen atoms in total. The molecule has 0 aromatic carbocycles. The largest absolute Gasteiger partial charge is 0.481 e. The Bertz CT molecular complexity index is 237. The molecule has 0 radical (unpaired) electrons. The first-order valence-corrected chi connectivity index (χ1v) is 6.80. The van der Waals surface area contributed by atoms with Crippen LogP contribution in [0.5, 0.6) is 0 Å². The molecule has 3 unspecified atom stereocenters. The van der Waals surface area contributed by atoms with Crippen LogP contribution in [0.4, 0.5) is 0 Å². The van der Waals surface area contributed by atoms with Gasteiger partial charge < -0.3 is 5.11 Å². The number of hydrogen-bond donors (Lipinski definition) is 1. The zero-order chi connectivity index (χ0) is 12.2. The van der Waals surface area contributed by atoms with E-state index in [-0.39, 0.29) is 0 Å². The molecular formula is C14H26O2. The molecule has 3 atom stereocenters. The summed E-state index contributed by atoms with van der Waals surface area (Å²) in [6.07, 6.45) is 7.38. The minimum atomic E-state index is -0.549. The molecular weight excluding hydrogens is 200 g/mol. The van der Waals surface area contributed by atoms with E-state index < -0.39 is 11.4 Å². The van der Waals surface area contributed by atoms with Gasteiger partial charge in [-0.15, -0.1) is 0 Å². The van der Waals surface area contributed by atoms with Crippen LogP contribution in [-0.2, 0) is 4.79 Å². The van der Waals surface area contributed by atoms with Crippen molar-refractivity contribution in [3.8, 4) is 0 Å². The summed E-state index contributed by atoms with van der Waals surface area (Å²) in [5.74, 6) is 0.403. The molecule has 2 heteroatoms. The van der Waals surface area contributed by atoms with E-state index in [9.17, 15) is 9.90 Å². The van der Waals surface area contributed by atoms with Crippen LogP contribution in [0, 0.1) is 17.3 Å². The van der Waals surface area contributed by atoms with Crippen LogP contribution in [0.2, 0.25) is 0 Å². The Kier molecular flexibility index (Phi) is 4.82. The first-order chi connectivity index (χ1) is 7.56. The van der Waals surface area contributed by atoms with Crippen molar-refractivity contribution in [2.75, 3.05) is 0 Å². The number of carbonyl (C=O) groups is 1. The van der Waals surface area contributed by atoms with Crippen LogP contribution >= 0.6 is 0 Å². The monoisotopic (exact) mass is 226 g/mol. The zero-order valence-electron chi connectivity index (χ0n) is 11.0. The van der Waals surface area contributed by atoms with Crippen molar-refractivity contribution in [2.45, 2.75) is 65.7 Å². The SMILES string of the molecule is CCCC(C)C1(C(=O)O)CCCC(CC)C1. The van der Waals surface area contributed by atoms with Crippen molar-refractivity contribution in [3.63, 3.8) is 0 Å². The van der Waals surface area contributed by atoms with E-state index in [2.05, 4.69) is 20.8 Å². The summed E-state index contributed by atoms with van der Waals surface area (Å²) >= 11 is 0. The molecule has 0 aromatic rings.